The number of hydrogen-bond acceptors (Lipinski definition) is 2. The number of benzene rings is 1. The van der Waals surface area contributed by atoms with E-state index in [1.54, 1.807) is 0 Å². The molecular formula is C19H24N2O2. The third-order valence-corrected chi connectivity index (χ3v) is 5.91. The van der Waals surface area contributed by atoms with Gasteiger partial charge in [0.25, 0.3) is 5.91 Å². The van der Waals surface area contributed by atoms with Crippen molar-refractivity contribution in [3.63, 3.8) is 0 Å². The Kier molecular flexibility index (Phi) is 3.45. The van der Waals surface area contributed by atoms with E-state index >= 15 is 0 Å². The number of hydrogen-bond donors (Lipinski definition) is 1. The highest BCUT2D eigenvalue weighted by Crippen LogP contribution is 2.45. The summed E-state index contributed by atoms with van der Waals surface area (Å²) < 4.78 is 2.05. The molecule has 0 unspecified atom stereocenters. The molecule has 4 nitrogen and oxygen atoms in total. The van der Waals surface area contributed by atoms with Crippen LogP contribution in [0.1, 0.15) is 42.5 Å². The first-order chi connectivity index (χ1) is 11.1. The molecule has 1 aliphatic carbocycles. The number of aliphatic hydroxyl groups excluding tert-OH is 1. The summed E-state index contributed by atoms with van der Waals surface area (Å²) in [5, 5.41) is 11.4. The monoisotopic (exact) mass is 312 g/mol. The molecule has 1 saturated carbocycles. The highest BCUT2D eigenvalue weighted by atomic mass is 16.3. The first kappa shape index (κ1) is 14.8. The predicted molar refractivity (Wildman–Crippen MR) is 90.3 cm³/mol. The molecule has 1 amide bonds. The second-order valence-corrected chi connectivity index (χ2v) is 7.27. The molecule has 23 heavy (non-hydrogen) atoms. The maximum Gasteiger partial charge on any atom is 0.254 e. The van der Waals surface area contributed by atoms with Gasteiger partial charge in [-0.05, 0) is 43.9 Å². The number of piperidine rings is 1. The fraction of sp³-hybridized carbons (Fsp3) is 0.526. The highest BCUT2D eigenvalue weighted by Gasteiger charge is 2.45. The van der Waals surface area contributed by atoms with Gasteiger partial charge in [-0.3, -0.25) is 4.79 Å². The van der Waals surface area contributed by atoms with E-state index in [-0.39, 0.29) is 17.4 Å². The maximum atomic E-state index is 13.1. The molecule has 2 heterocycles. The lowest BCUT2D eigenvalue weighted by Gasteiger charge is -2.42. The molecule has 122 valence electrons. The van der Waals surface area contributed by atoms with Gasteiger partial charge in [-0.25, -0.2) is 0 Å². The van der Waals surface area contributed by atoms with Crippen molar-refractivity contribution in [1.82, 2.24) is 9.47 Å². The van der Waals surface area contributed by atoms with Crippen LogP contribution in [0.5, 0.6) is 0 Å². The Morgan fingerprint density at radius 3 is 2.87 bits per heavy atom. The number of fused-ring (bicyclic) bond motifs is 1. The van der Waals surface area contributed by atoms with Gasteiger partial charge in [0.1, 0.15) is 0 Å². The third kappa shape index (κ3) is 2.27. The standard InChI is InChI=1S/C19H24N2O2/c1-20-12-8-14-15(5-2-6-16(14)20)18(23)21-11-4-10-19(13-21)9-3-7-17(19)22/h2,5-6,8,12,17,22H,3-4,7,9-11,13H2,1H3/t17-,19+/m1/s1. The zero-order valence-electron chi connectivity index (χ0n) is 13.7. The quantitative estimate of drug-likeness (QED) is 0.880. The van der Waals surface area contributed by atoms with Gasteiger partial charge in [-0.15, -0.1) is 0 Å². The largest absolute Gasteiger partial charge is 0.392 e. The fourth-order valence-corrected chi connectivity index (χ4v) is 4.59. The van der Waals surface area contributed by atoms with Gasteiger partial charge in [-0.2, -0.15) is 0 Å². The van der Waals surface area contributed by atoms with Crippen LogP contribution in [0, 0.1) is 5.41 Å². The molecule has 1 aromatic carbocycles. The minimum absolute atomic E-state index is 0.0570. The molecule has 0 bridgehead atoms. The molecule has 2 atom stereocenters. The highest BCUT2D eigenvalue weighted by molar-refractivity contribution is 6.06. The minimum atomic E-state index is -0.245. The van der Waals surface area contributed by atoms with E-state index in [1.807, 2.05) is 47.0 Å². The van der Waals surface area contributed by atoms with Crippen molar-refractivity contribution in [2.24, 2.45) is 12.5 Å². The SMILES string of the molecule is Cn1ccc2c(C(=O)N3CCC[C@@]4(CCC[C@H]4O)C3)cccc21. The summed E-state index contributed by atoms with van der Waals surface area (Å²) in [7, 11) is 2.00. The summed E-state index contributed by atoms with van der Waals surface area (Å²) in [4.78, 5) is 15.1. The molecule has 1 aromatic heterocycles. The predicted octanol–water partition coefficient (Wildman–Crippen LogP) is 2.95. The van der Waals surface area contributed by atoms with Crippen molar-refractivity contribution in [3.8, 4) is 0 Å². The van der Waals surface area contributed by atoms with Crippen molar-refractivity contribution in [2.75, 3.05) is 13.1 Å². The zero-order valence-corrected chi connectivity index (χ0v) is 13.7. The number of carbonyl (C=O) groups is 1. The summed E-state index contributed by atoms with van der Waals surface area (Å²) in [6, 6.07) is 7.95. The summed E-state index contributed by atoms with van der Waals surface area (Å²) in [6.07, 6.45) is 6.81. The van der Waals surface area contributed by atoms with Crippen molar-refractivity contribution >= 4 is 16.8 Å². The molecule has 1 saturated heterocycles. The average Bonchev–Trinajstić information content (AvgIpc) is 3.11. The molecule has 4 rings (SSSR count). The van der Waals surface area contributed by atoms with Gasteiger partial charge in [0.15, 0.2) is 0 Å². The van der Waals surface area contributed by atoms with E-state index < -0.39 is 0 Å². The van der Waals surface area contributed by atoms with Crippen LogP contribution in [-0.4, -0.2) is 39.7 Å². The van der Waals surface area contributed by atoms with Crippen LogP contribution in [0.4, 0.5) is 0 Å². The van der Waals surface area contributed by atoms with Crippen LogP contribution >= 0.6 is 0 Å². The van der Waals surface area contributed by atoms with Crippen molar-refractivity contribution in [3.05, 3.63) is 36.0 Å². The lowest BCUT2D eigenvalue weighted by Crippen LogP contribution is -2.49. The number of aliphatic hydroxyl groups is 1. The topological polar surface area (TPSA) is 45.5 Å². The summed E-state index contributed by atoms with van der Waals surface area (Å²) in [5.41, 5.74) is 1.81. The van der Waals surface area contributed by atoms with Crippen LogP contribution < -0.4 is 0 Å². The number of nitrogens with zero attached hydrogens (tertiary/aromatic N) is 2. The Balaban J connectivity index is 1.65. The van der Waals surface area contributed by atoms with Crippen LogP contribution in [0.2, 0.25) is 0 Å². The number of aryl methyl sites for hydroxylation is 1. The molecule has 2 fully saturated rings. The number of rotatable bonds is 1. The Morgan fingerprint density at radius 1 is 1.26 bits per heavy atom. The first-order valence-electron chi connectivity index (χ1n) is 8.62. The normalized spacial score (nSPS) is 27.9. The van der Waals surface area contributed by atoms with Gasteiger partial charge in [0.05, 0.1) is 6.10 Å². The van der Waals surface area contributed by atoms with Gasteiger partial charge in [0.2, 0.25) is 0 Å². The summed E-state index contributed by atoms with van der Waals surface area (Å²) in [6.45, 7) is 1.51. The second kappa shape index (κ2) is 5.38. The fourth-order valence-electron chi connectivity index (χ4n) is 4.59. The van der Waals surface area contributed by atoms with Gasteiger partial charge in [-0.1, -0.05) is 12.5 Å². The summed E-state index contributed by atoms with van der Waals surface area (Å²) in [5.74, 6) is 0.111. The van der Waals surface area contributed by atoms with Crippen LogP contribution in [0.15, 0.2) is 30.5 Å². The molecule has 2 aromatic rings. The van der Waals surface area contributed by atoms with E-state index in [4.69, 9.17) is 0 Å². The van der Waals surface area contributed by atoms with E-state index in [0.717, 1.165) is 55.1 Å². The van der Waals surface area contributed by atoms with E-state index in [2.05, 4.69) is 0 Å². The van der Waals surface area contributed by atoms with E-state index in [1.165, 1.54) is 0 Å². The van der Waals surface area contributed by atoms with Crippen molar-refractivity contribution in [1.29, 1.82) is 0 Å². The summed E-state index contributed by atoms with van der Waals surface area (Å²) >= 11 is 0. The van der Waals surface area contributed by atoms with E-state index in [0.29, 0.717) is 6.54 Å². The van der Waals surface area contributed by atoms with E-state index in [9.17, 15) is 9.90 Å². The molecule has 4 heteroatoms. The Hall–Kier alpha value is -1.81. The van der Waals surface area contributed by atoms with Gasteiger partial charge in [0, 0.05) is 48.2 Å². The molecule has 2 aliphatic rings. The van der Waals surface area contributed by atoms with Gasteiger partial charge >= 0.3 is 0 Å². The molecule has 1 spiro atoms. The minimum Gasteiger partial charge on any atom is -0.392 e. The third-order valence-electron chi connectivity index (χ3n) is 5.91. The number of amides is 1. The van der Waals surface area contributed by atoms with Crippen LogP contribution in [-0.2, 0) is 7.05 Å². The Morgan fingerprint density at radius 2 is 2.09 bits per heavy atom. The first-order valence-corrected chi connectivity index (χ1v) is 8.62. The maximum absolute atomic E-state index is 13.1. The number of carbonyl (C=O) groups excluding carboxylic acids is 1. The second-order valence-electron chi connectivity index (χ2n) is 7.27. The average molecular weight is 312 g/mol. The van der Waals surface area contributed by atoms with Crippen LogP contribution in [0.25, 0.3) is 10.9 Å². The van der Waals surface area contributed by atoms with Crippen molar-refractivity contribution < 1.29 is 9.90 Å². The lowest BCUT2D eigenvalue weighted by atomic mass is 9.76. The van der Waals surface area contributed by atoms with Crippen LogP contribution in [0.3, 0.4) is 0 Å². The number of likely N-dealkylation sites (tertiary alicyclic amines) is 1. The van der Waals surface area contributed by atoms with Crippen molar-refractivity contribution in [2.45, 2.75) is 38.2 Å². The lowest BCUT2D eigenvalue weighted by molar-refractivity contribution is -0.00529. The molecular weight excluding hydrogens is 288 g/mol. The molecule has 1 aliphatic heterocycles. The zero-order chi connectivity index (χ0) is 16.0. The Labute approximate surface area is 136 Å². The number of aromatic nitrogens is 1. The molecule has 1 N–H and O–H groups in total. The Bertz CT molecular complexity index is 751. The smallest absolute Gasteiger partial charge is 0.254 e. The van der Waals surface area contributed by atoms with Gasteiger partial charge < -0.3 is 14.6 Å². The molecule has 0 radical (unpaired) electrons.